The smallest absolute Gasteiger partial charge is 0.257 e. The molecule has 16 nitrogen and oxygen atoms in total. The van der Waals surface area contributed by atoms with Crippen molar-refractivity contribution in [3.05, 3.63) is 71.2 Å². The number of anilines is 3. The minimum Gasteiger partial charge on any atom is -0.384 e. The second-order valence-corrected chi connectivity index (χ2v) is 20.8. The number of aromatic nitrogens is 6. The number of carbonyl (C=O) groups excluding carboxylic acids is 2. The van der Waals surface area contributed by atoms with E-state index in [-0.39, 0.29) is 50.0 Å². The average molecular weight is 965 g/mol. The molecule has 0 aliphatic rings. The summed E-state index contributed by atoms with van der Waals surface area (Å²) in [5.41, 5.74) is 17.2. The van der Waals surface area contributed by atoms with Gasteiger partial charge in [0.05, 0.1) is 29.6 Å². The minimum absolute atomic E-state index is 0.00463. The molecule has 1 aromatic carbocycles. The molecule has 0 radical (unpaired) electrons. The first-order chi connectivity index (χ1) is 31.0. The number of nitrogen functional groups attached to an aromatic ring is 1. The first-order valence-corrected chi connectivity index (χ1v) is 23.9. The Kier molecular flexibility index (Phi) is 27.2. The number of hydrogen-bond acceptors (Lipinski definition) is 11. The summed E-state index contributed by atoms with van der Waals surface area (Å²) in [4.78, 5) is 23.0. The van der Waals surface area contributed by atoms with E-state index in [0.29, 0.717) is 5.56 Å². The van der Waals surface area contributed by atoms with Gasteiger partial charge in [-0.2, -0.15) is 20.6 Å². The minimum atomic E-state index is -0.351. The second-order valence-electron chi connectivity index (χ2n) is 19.9. The topological polar surface area (TPSA) is 238 Å². The molecule has 374 valence electrons. The van der Waals surface area contributed by atoms with E-state index >= 15 is 0 Å². The molecule has 10 N–H and O–H groups in total. The van der Waals surface area contributed by atoms with Crippen LogP contribution in [0.1, 0.15) is 170 Å². The lowest BCUT2D eigenvalue weighted by Crippen LogP contribution is -2.34. The predicted octanol–water partition coefficient (Wildman–Crippen LogP) is 9.51. The standard InChI is InChI=1S/C18H24N4OS.C11H20N4S.C10H19N3.C7H11NO.C3H10N2/c1-5-11-22-15(12-14(21-22)18(2,3)4)19-17(24)20-16(23)13-9-7-6-8-10-13;1-5-6-15-9(13-10(12)16)7-8(14-15)11(2,3)4;1-5-6-13-9(11)7-8(12-13)10(2,3)4;1-7(2,3)6(9)4-5-8;1-2-3-5-4/h6-10,12H,5,11H2,1-4H3,(H2,19,20,23,24);7H,5-6H2,1-4H3,(H3,12,13,16);7H,5-6,11H2,1-4H3;4H2,1-3H3;5H,2-4H2,1H3. The fraction of sp³-hybridized carbons (Fsp3) is 0.592. The van der Waals surface area contributed by atoms with E-state index in [2.05, 4.69) is 127 Å². The molecule has 0 saturated carbocycles. The molecule has 3 aromatic heterocycles. The van der Waals surface area contributed by atoms with Gasteiger partial charge in [0, 0.05) is 71.6 Å². The van der Waals surface area contributed by atoms with Gasteiger partial charge in [-0.15, -0.1) is 0 Å². The molecule has 0 fully saturated rings. The van der Waals surface area contributed by atoms with Gasteiger partial charge in [0.15, 0.2) is 16.0 Å². The van der Waals surface area contributed by atoms with Crippen molar-refractivity contribution in [3.63, 3.8) is 0 Å². The number of nitrogens with two attached hydrogens (primary N) is 3. The highest BCUT2D eigenvalue weighted by atomic mass is 32.1. The summed E-state index contributed by atoms with van der Waals surface area (Å²) in [6.45, 7) is 36.5. The van der Waals surface area contributed by atoms with Crippen LogP contribution in [0.25, 0.3) is 0 Å². The van der Waals surface area contributed by atoms with Crippen LogP contribution in [0.5, 0.6) is 0 Å². The summed E-state index contributed by atoms with van der Waals surface area (Å²) >= 11 is 10.1. The van der Waals surface area contributed by atoms with Crippen LogP contribution in [-0.4, -0.2) is 57.8 Å². The van der Waals surface area contributed by atoms with Gasteiger partial charge in [0.2, 0.25) is 0 Å². The number of nitrogens with one attached hydrogen (secondary N) is 4. The lowest BCUT2D eigenvalue weighted by atomic mass is 9.89. The normalized spacial score (nSPS) is 11.1. The summed E-state index contributed by atoms with van der Waals surface area (Å²) in [6.07, 6.45) is 4.19. The number of nitrogens with zero attached hydrogens (tertiary/aromatic N) is 7. The van der Waals surface area contributed by atoms with Gasteiger partial charge < -0.3 is 22.1 Å². The number of hydrogen-bond donors (Lipinski definition) is 7. The molecule has 4 aromatic rings. The number of hydrazine groups is 1. The van der Waals surface area contributed by atoms with Crippen LogP contribution in [-0.2, 0) is 40.7 Å². The van der Waals surface area contributed by atoms with E-state index in [9.17, 15) is 9.59 Å². The molecule has 3 heterocycles. The lowest BCUT2D eigenvalue weighted by molar-refractivity contribution is -0.125. The molecule has 0 atom stereocenters. The first-order valence-electron chi connectivity index (χ1n) is 23.1. The SMILES string of the molecule is CC(C)(C)C(=O)CC#N.CCCNN.CCCn1nc(C(C)(C)C)cc1N.CCCn1nc(C(C)(C)C)cc1NC(=S)NC(=O)c1ccccc1.CCCn1nc(C(C)(C)C)cc1NC(N)=S. The fourth-order valence-corrected chi connectivity index (χ4v) is 5.54. The number of rotatable bonds is 12. The van der Waals surface area contributed by atoms with E-state index in [1.54, 1.807) is 12.1 Å². The third-order valence-electron chi connectivity index (χ3n) is 9.21. The van der Waals surface area contributed by atoms with Gasteiger partial charge in [-0.1, -0.05) is 129 Å². The van der Waals surface area contributed by atoms with Crippen LogP contribution >= 0.6 is 24.4 Å². The van der Waals surface area contributed by atoms with Crippen LogP contribution < -0.4 is 38.7 Å². The van der Waals surface area contributed by atoms with Gasteiger partial charge in [-0.3, -0.25) is 26.2 Å². The molecule has 0 saturated heterocycles. The number of ketones is 1. The summed E-state index contributed by atoms with van der Waals surface area (Å²) in [5, 5.41) is 31.1. The van der Waals surface area contributed by atoms with Gasteiger partial charge in [-0.05, 0) is 62.3 Å². The van der Waals surface area contributed by atoms with E-state index in [4.69, 9.17) is 47.0 Å². The molecule has 18 heteroatoms. The van der Waals surface area contributed by atoms with Crippen molar-refractivity contribution < 1.29 is 9.59 Å². The molecule has 0 aliphatic heterocycles. The van der Waals surface area contributed by atoms with Crippen molar-refractivity contribution in [2.24, 2.45) is 17.0 Å². The monoisotopic (exact) mass is 965 g/mol. The van der Waals surface area contributed by atoms with Gasteiger partial charge in [-0.25, -0.2) is 14.0 Å². The third kappa shape index (κ3) is 24.4. The van der Waals surface area contributed by atoms with E-state index in [1.807, 2.05) is 77.3 Å². The van der Waals surface area contributed by atoms with Crippen LogP contribution in [0.4, 0.5) is 17.5 Å². The van der Waals surface area contributed by atoms with Crippen molar-refractivity contribution in [1.82, 2.24) is 40.1 Å². The van der Waals surface area contributed by atoms with Crippen LogP contribution in [0.2, 0.25) is 0 Å². The Balaban J connectivity index is 0.000000883. The maximum Gasteiger partial charge on any atom is 0.257 e. The Bertz CT molecular complexity index is 2140. The van der Waals surface area contributed by atoms with Gasteiger partial charge in [0.1, 0.15) is 17.5 Å². The number of amides is 1. The molecule has 0 aliphatic carbocycles. The largest absolute Gasteiger partial charge is 0.384 e. The number of thiocarbonyl (C=S) groups is 2. The zero-order valence-corrected chi connectivity index (χ0v) is 45.1. The third-order valence-corrected chi connectivity index (χ3v) is 9.52. The number of Topliss-reactive ketones (excluding diaryl/α,β-unsaturated/α-hetero) is 1. The number of aryl methyl sites for hydroxylation is 3. The fourth-order valence-electron chi connectivity index (χ4n) is 5.24. The van der Waals surface area contributed by atoms with Gasteiger partial charge in [0.25, 0.3) is 5.91 Å². The summed E-state index contributed by atoms with van der Waals surface area (Å²) in [5.74, 6) is 7.10. The summed E-state index contributed by atoms with van der Waals surface area (Å²) in [6, 6.07) is 16.8. The molecule has 4 rings (SSSR count). The van der Waals surface area contributed by atoms with Crippen molar-refractivity contribution in [2.45, 2.75) is 179 Å². The Hall–Kier alpha value is -5.22. The highest BCUT2D eigenvalue weighted by Crippen LogP contribution is 2.26. The van der Waals surface area contributed by atoms with Gasteiger partial charge >= 0.3 is 0 Å². The number of benzene rings is 1. The maximum absolute atomic E-state index is 12.2. The molecule has 1 amide bonds. The zero-order chi connectivity index (χ0) is 51.8. The molecular weight excluding hydrogens is 881 g/mol. The summed E-state index contributed by atoms with van der Waals surface area (Å²) in [7, 11) is 0. The van der Waals surface area contributed by atoms with Crippen molar-refractivity contribution in [3.8, 4) is 6.07 Å². The predicted molar refractivity (Wildman–Crippen MR) is 286 cm³/mol. The van der Waals surface area contributed by atoms with Crippen molar-refractivity contribution in [1.29, 1.82) is 5.26 Å². The Morgan fingerprint density at radius 3 is 1.42 bits per heavy atom. The Morgan fingerprint density at radius 1 is 0.672 bits per heavy atom. The number of nitriles is 1. The molecule has 0 unspecified atom stereocenters. The quantitative estimate of drug-likeness (QED) is 0.0398. The van der Waals surface area contributed by atoms with Crippen molar-refractivity contribution >= 4 is 63.8 Å². The lowest BCUT2D eigenvalue weighted by Gasteiger charge is -2.13. The second kappa shape index (κ2) is 29.5. The van der Waals surface area contributed by atoms with E-state index < -0.39 is 0 Å². The van der Waals surface area contributed by atoms with Crippen LogP contribution in [0.15, 0.2) is 48.5 Å². The molecular formula is C49H84N14O2S2. The van der Waals surface area contributed by atoms with Crippen LogP contribution in [0, 0.1) is 16.7 Å². The Labute approximate surface area is 412 Å². The van der Waals surface area contributed by atoms with Crippen LogP contribution in [0.3, 0.4) is 0 Å². The molecule has 0 bridgehead atoms. The average Bonchev–Trinajstić information content (AvgIpc) is 3.93. The van der Waals surface area contributed by atoms with Crippen molar-refractivity contribution in [2.75, 3.05) is 22.9 Å². The highest BCUT2D eigenvalue weighted by Gasteiger charge is 2.23. The van der Waals surface area contributed by atoms with E-state index in [0.717, 1.165) is 86.4 Å². The maximum atomic E-state index is 12.2. The first kappa shape index (κ1) is 61.8. The number of carbonyl (C=O) groups is 2. The zero-order valence-electron chi connectivity index (χ0n) is 43.5. The Morgan fingerprint density at radius 2 is 1.09 bits per heavy atom. The van der Waals surface area contributed by atoms with E-state index in [1.165, 1.54) is 0 Å². The molecule has 67 heavy (non-hydrogen) atoms. The highest BCUT2D eigenvalue weighted by molar-refractivity contribution is 7.80. The molecule has 0 spiro atoms. The summed E-state index contributed by atoms with van der Waals surface area (Å²) < 4.78 is 5.68.